The molecule has 1 amide bonds. The van der Waals surface area contributed by atoms with Crippen LogP contribution < -0.4 is 19.5 Å². The Balaban J connectivity index is 1.95. The number of aryl methyl sites for hydroxylation is 1. The number of ether oxygens (including phenoxy) is 3. The average Bonchev–Trinajstić information content (AvgIpc) is 2.65. The first-order valence-electron chi connectivity index (χ1n) is 9.03. The van der Waals surface area contributed by atoms with Crippen LogP contribution in [0.1, 0.15) is 31.9 Å². The maximum atomic E-state index is 12.3. The molecule has 0 bridgehead atoms. The third kappa shape index (κ3) is 6.07. The molecule has 0 saturated heterocycles. The van der Waals surface area contributed by atoms with E-state index in [0.717, 1.165) is 11.1 Å². The van der Waals surface area contributed by atoms with Crippen LogP contribution >= 0.6 is 11.6 Å². The normalized spacial score (nSPS) is 11.6. The summed E-state index contributed by atoms with van der Waals surface area (Å²) in [5, 5.41) is 3.55. The predicted molar refractivity (Wildman–Crippen MR) is 107 cm³/mol. The zero-order valence-corrected chi connectivity index (χ0v) is 16.9. The Bertz CT molecular complexity index is 779. The van der Waals surface area contributed by atoms with Crippen molar-refractivity contribution in [3.05, 3.63) is 52.5 Å². The summed E-state index contributed by atoms with van der Waals surface area (Å²) in [5.74, 6) is 1.78. The molecule has 1 N–H and O–H groups in total. The lowest BCUT2D eigenvalue weighted by Crippen LogP contribution is -2.35. The number of carbonyl (C=O) groups excluding carboxylic acids is 1. The molecule has 0 aromatic heterocycles. The first-order chi connectivity index (χ1) is 12.9. The van der Waals surface area contributed by atoms with Gasteiger partial charge in [-0.05, 0) is 69.2 Å². The van der Waals surface area contributed by atoms with Crippen LogP contribution in [0.4, 0.5) is 0 Å². The van der Waals surface area contributed by atoms with Gasteiger partial charge in [0.25, 0.3) is 5.91 Å². The highest BCUT2D eigenvalue weighted by Gasteiger charge is 2.15. The van der Waals surface area contributed by atoms with Crippen LogP contribution in [0.15, 0.2) is 36.4 Å². The molecular formula is C21H26ClNO4. The monoisotopic (exact) mass is 391 g/mol. The SMILES string of the molecule is CCOc1ccc(CNC(=O)[C@@H](C)Oc2ccc(Cl)c(C)c2)cc1OCC. The Kier molecular flexibility index (Phi) is 7.80. The summed E-state index contributed by atoms with van der Waals surface area (Å²) in [6.07, 6.45) is -0.625. The maximum absolute atomic E-state index is 12.3. The van der Waals surface area contributed by atoms with Crippen LogP contribution in [0.5, 0.6) is 17.2 Å². The molecule has 2 aromatic carbocycles. The van der Waals surface area contributed by atoms with Crippen molar-refractivity contribution in [1.82, 2.24) is 5.32 Å². The second-order valence-corrected chi connectivity index (χ2v) is 6.44. The highest BCUT2D eigenvalue weighted by Crippen LogP contribution is 2.28. The highest BCUT2D eigenvalue weighted by atomic mass is 35.5. The average molecular weight is 392 g/mol. The van der Waals surface area contributed by atoms with Crippen molar-refractivity contribution in [3.63, 3.8) is 0 Å². The van der Waals surface area contributed by atoms with Crippen LogP contribution in [0.2, 0.25) is 5.02 Å². The number of rotatable bonds is 9. The van der Waals surface area contributed by atoms with Crippen molar-refractivity contribution in [1.29, 1.82) is 0 Å². The molecule has 0 fully saturated rings. The van der Waals surface area contributed by atoms with Crippen molar-refractivity contribution >= 4 is 17.5 Å². The molecule has 0 aliphatic carbocycles. The molecular weight excluding hydrogens is 366 g/mol. The maximum Gasteiger partial charge on any atom is 0.261 e. The summed E-state index contributed by atoms with van der Waals surface area (Å²) in [5.41, 5.74) is 1.82. The van der Waals surface area contributed by atoms with E-state index in [9.17, 15) is 4.79 Å². The summed E-state index contributed by atoms with van der Waals surface area (Å²) < 4.78 is 16.9. The van der Waals surface area contributed by atoms with E-state index in [0.29, 0.717) is 42.0 Å². The topological polar surface area (TPSA) is 56.8 Å². The summed E-state index contributed by atoms with van der Waals surface area (Å²) in [6.45, 7) is 8.93. The van der Waals surface area contributed by atoms with E-state index < -0.39 is 6.10 Å². The van der Waals surface area contributed by atoms with E-state index in [1.54, 1.807) is 19.1 Å². The van der Waals surface area contributed by atoms with Gasteiger partial charge in [0, 0.05) is 11.6 Å². The molecule has 2 rings (SSSR count). The third-order valence-corrected chi connectivity index (χ3v) is 4.31. The van der Waals surface area contributed by atoms with Gasteiger partial charge in [-0.25, -0.2) is 0 Å². The van der Waals surface area contributed by atoms with Gasteiger partial charge in [-0.2, -0.15) is 0 Å². The van der Waals surface area contributed by atoms with Crippen LogP contribution in [-0.4, -0.2) is 25.2 Å². The van der Waals surface area contributed by atoms with Gasteiger partial charge in [0.15, 0.2) is 17.6 Å². The fourth-order valence-electron chi connectivity index (χ4n) is 2.49. The summed E-state index contributed by atoms with van der Waals surface area (Å²) in [4.78, 5) is 12.3. The molecule has 0 spiro atoms. The van der Waals surface area contributed by atoms with Gasteiger partial charge in [-0.3, -0.25) is 4.79 Å². The minimum Gasteiger partial charge on any atom is -0.490 e. The Morgan fingerprint density at radius 3 is 2.44 bits per heavy atom. The van der Waals surface area contributed by atoms with E-state index in [1.165, 1.54) is 0 Å². The first-order valence-corrected chi connectivity index (χ1v) is 9.41. The lowest BCUT2D eigenvalue weighted by Gasteiger charge is -2.16. The molecule has 1 atom stereocenters. The molecule has 0 saturated carbocycles. The summed E-state index contributed by atoms with van der Waals surface area (Å²) >= 11 is 6.01. The molecule has 0 heterocycles. The number of hydrogen-bond acceptors (Lipinski definition) is 4. The number of carbonyl (C=O) groups is 1. The van der Waals surface area contributed by atoms with Gasteiger partial charge in [0.05, 0.1) is 13.2 Å². The zero-order valence-electron chi connectivity index (χ0n) is 16.2. The molecule has 27 heavy (non-hydrogen) atoms. The third-order valence-electron chi connectivity index (χ3n) is 3.89. The second kappa shape index (κ2) is 10.1. The van der Waals surface area contributed by atoms with Crippen molar-refractivity contribution in [3.8, 4) is 17.2 Å². The number of nitrogens with one attached hydrogen (secondary N) is 1. The van der Waals surface area contributed by atoms with E-state index in [4.69, 9.17) is 25.8 Å². The van der Waals surface area contributed by atoms with Gasteiger partial charge in [0.1, 0.15) is 5.75 Å². The molecule has 146 valence electrons. The molecule has 0 aliphatic heterocycles. The van der Waals surface area contributed by atoms with Crippen LogP contribution in [0.25, 0.3) is 0 Å². The quantitative estimate of drug-likeness (QED) is 0.682. The molecule has 2 aromatic rings. The van der Waals surface area contributed by atoms with Crippen LogP contribution in [0, 0.1) is 6.92 Å². The lowest BCUT2D eigenvalue weighted by molar-refractivity contribution is -0.127. The Morgan fingerprint density at radius 2 is 1.78 bits per heavy atom. The molecule has 0 unspecified atom stereocenters. The Morgan fingerprint density at radius 1 is 1.07 bits per heavy atom. The van der Waals surface area contributed by atoms with Gasteiger partial charge in [0.2, 0.25) is 0 Å². The standard InChI is InChI=1S/C21H26ClNO4/c1-5-25-19-10-7-16(12-20(19)26-6-2)13-23-21(24)15(4)27-17-8-9-18(22)14(3)11-17/h7-12,15H,5-6,13H2,1-4H3,(H,23,24)/t15-/m1/s1. The Labute approximate surface area is 165 Å². The first kappa shape index (κ1) is 20.9. The van der Waals surface area contributed by atoms with Gasteiger partial charge in [-0.15, -0.1) is 0 Å². The fraction of sp³-hybridized carbons (Fsp3) is 0.381. The molecule has 0 radical (unpaired) electrons. The summed E-state index contributed by atoms with van der Waals surface area (Å²) in [6, 6.07) is 11.0. The van der Waals surface area contributed by atoms with Crippen molar-refractivity contribution < 1.29 is 19.0 Å². The number of halogens is 1. The fourth-order valence-corrected chi connectivity index (χ4v) is 2.60. The number of benzene rings is 2. The zero-order chi connectivity index (χ0) is 19.8. The van der Waals surface area contributed by atoms with E-state index in [1.807, 2.05) is 45.0 Å². The van der Waals surface area contributed by atoms with Gasteiger partial charge in [-0.1, -0.05) is 17.7 Å². The van der Waals surface area contributed by atoms with Gasteiger partial charge < -0.3 is 19.5 Å². The minimum absolute atomic E-state index is 0.200. The van der Waals surface area contributed by atoms with Crippen molar-refractivity contribution in [2.75, 3.05) is 13.2 Å². The minimum atomic E-state index is -0.625. The molecule has 0 aliphatic rings. The second-order valence-electron chi connectivity index (χ2n) is 6.04. The van der Waals surface area contributed by atoms with E-state index in [-0.39, 0.29) is 5.91 Å². The van der Waals surface area contributed by atoms with E-state index in [2.05, 4.69) is 5.32 Å². The summed E-state index contributed by atoms with van der Waals surface area (Å²) in [7, 11) is 0. The van der Waals surface area contributed by atoms with Crippen LogP contribution in [-0.2, 0) is 11.3 Å². The highest BCUT2D eigenvalue weighted by molar-refractivity contribution is 6.31. The predicted octanol–water partition coefficient (Wildman–Crippen LogP) is 4.53. The smallest absolute Gasteiger partial charge is 0.261 e. The molecule has 6 heteroatoms. The van der Waals surface area contributed by atoms with Crippen molar-refractivity contribution in [2.24, 2.45) is 0 Å². The Hall–Kier alpha value is -2.40. The largest absolute Gasteiger partial charge is 0.490 e. The van der Waals surface area contributed by atoms with Crippen LogP contribution in [0.3, 0.4) is 0 Å². The molecule has 5 nitrogen and oxygen atoms in total. The lowest BCUT2D eigenvalue weighted by atomic mass is 10.2. The van der Waals surface area contributed by atoms with Gasteiger partial charge >= 0.3 is 0 Å². The number of hydrogen-bond donors (Lipinski definition) is 1. The number of amides is 1. The van der Waals surface area contributed by atoms with E-state index >= 15 is 0 Å². The van der Waals surface area contributed by atoms with Crippen molar-refractivity contribution in [2.45, 2.75) is 40.3 Å².